The number of nitrogens with zero attached hydrogens (tertiary/aromatic N) is 2. The number of aromatic nitrogens is 2. The molecule has 1 aromatic heterocycles. The lowest BCUT2D eigenvalue weighted by atomic mass is 9.97. The van der Waals surface area contributed by atoms with Gasteiger partial charge in [-0.15, -0.1) is 0 Å². The van der Waals surface area contributed by atoms with Crippen LogP contribution in [-0.4, -0.2) is 39.3 Å². The molecule has 0 saturated carbocycles. The van der Waals surface area contributed by atoms with E-state index in [0.717, 1.165) is 0 Å². The molecule has 2 atom stereocenters. The fourth-order valence-electron chi connectivity index (χ4n) is 2.27. The number of carbonyl (C=O) groups excluding carboxylic acids is 3. The summed E-state index contributed by atoms with van der Waals surface area (Å²) in [4.78, 5) is 35.4. The molecule has 1 aliphatic rings. The Morgan fingerprint density at radius 1 is 1.57 bits per heavy atom. The van der Waals surface area contributed by atoms with E-state index in [0.29, 0.717) is 12.4 Å². The second-order valence-corrected chi connectivity index (χ2v) is 6.42. The van der Waals surface area contributed by atoms with E-state index in [1.807, 2.05) is 0 Å². The molecule has 2 heterocycles. The Morgan fingerprint density at radius 2 is 2.26 bits per heavy atom. The number of nitrogens with two attached hydrogens (primary N) is 1. The Labute approximate surface area is 133 Å². The largest absolute Gasteiger partial charge is 0.444 e. The summed E-state index contributed by atoms with van der Waals surface area (Å²) in [6, 6.07) is 0.677. The first kappa shape index (κ1) is 16.8. The average molecular weight is 323 g/mol. The Balaban J connectivity index is 2.01. The molecule has 9 heteroatoms. The molecular weight excluding hydrogens is 302 g/mol. The number of nitrogens with one attached hydrogen (secondary N) is 2. The van der Waals surface area contributed by atoms with Crippen molar-refractivity contribution in [2.45, 2.75) is 45.4 Å². The molecule has 0 bridgehead atoms. The Hall–Kier alpha value is -2.58. The maximum absolute atomic E-state index is 12.1. The van der Waals surface area contributed by atoms with Crippen molar-refractivity contribution in [2.24, 2.45) is 11.7 Å². The molecule has 0 spiro atoms. The molecule has 0 saturated heterocycles. The number of hydrogen-bond donors (Lipinski definition) is 3. The van der Waals surface area contributed by atoms with Crippen LogP contribution in [0.1, 0.15) is 27.2 Å². The van der Waals surface area contributed by atoms with Gasteiger partial charge in [-0.25, -0.2) is 9.48 Å². The van der Waals surface area contributed by atoms with Crippen LogP contribution in [0.3, 0.4) is 0 Å². The quantitative estimate of drug-likeness (QED) is 0.730. The van der Waals surface area contributed by atoms with Crippen LogP contribution in [0, 0.1) is 5.92 Å². The van der Waals surface area contributed by atoms with Crippen LogP contribution in [0.25, 0.3) is 0 Å². The van der Waals surface area contributed by atoms with E-state index in [1.165, 1.54) is 0 Å². The van der Waals surface area contributed by atoms with E-state index in [2.05, 4.69) is 15.7 Å². The van der Waals surface area contributed by atoms with Crippen molar-refractivity contribution in [3.05, 3.63) is 12.3 Å². The Morgan fingerprint density at radius 3 is 2.87 bits per heavy atom. The lowest BCUT2D eigenvalue weighted by Gasteiger charge is -2.27. The molecule has 9 nitrogen and oxygen atoms in total. The molecule has 1 aromatic rings. The number of anilines is 1. The van der Waals surface area contributed by atoms with E-state index in [4.69, 9.17) is 10.5 Å². The molecule has 0 aromatic carbocycles. The smallest absolute Gasteiger partial charge is 0.408 e. The summed E-state index contributed by atoms with van der Waals surface area (Å²) in [6.07, 6.45) is 0.889. The van der Waals surface area contributed by atoms with E-state index >= 15 is 0 Å². The molecule has 4 N–H and O–H groups in total. The van der Waals surface area contributed by atoms with Crippen LogP contribution in [0.2, 0.25) is 0 Å². The number of hydrogen-bond acceptors (Lipinski definition) is 5. The minimum absolute atomic E-state index is 0.0692. The first-order valence-corrected chi connectivity index (χ1v) is 7.27. The summed E-state index contributed by atoms with van der Waals surface area (Å²) in [6.45, 7) is 5.44. The van der Waals surface area contributed by atoms with Crippen molar-refractivity contribution in [2.75, 3.05) is 5.32 Å². The van der Waals surface area contributed by atoms with Crippen molar-refractivity contribution in [1.82, 2.24) is 15.1 Å². The summed E-state index contributed by atoms with van der Waals surface area (Å²) < 4.78 is 6.72. The number of carbonyl (C=O) groups is 3. The summed E-state index contributed by atoms with van der Waals surface area (Å²) >= 11 is 0. The van der Waals surface area contributed by atoms with E-state index in [-0.39, 0.29) is 12.3 Å². The van der Waals surface area contributed by atoms with Gasteiger partial charge in [-0.3, -0.25) is 9.59 Å². The minimum atomic E-state index is -1.00. The normalized spacial score (nSPS) is 18.6. The fourth-order valence-corrected chi connectivity index (χ4v) is 2.27. The van der Waals surface area contributed by atoms with Crippen LogP contribution >= 0.6 is 0 Å². The standard InChI is InChI=1S/C14H21N5O4/c1-14(2,3)23-13(22)17-9(11(15)20)6-8-7-19-10(4-5-16-19)18-12(8)21/h4-5,8-9H,6-7H2,1-3H3,(H2,15,20)(H,17,22)(H,18,21)/t8-,9+/m1/s1. The highest BCUT2D eigenvalue weighted by atomic mass is 16.6. The predicted octanol–water partition coefficient (Wildman–Crippen LogP) is 0.220. The number of amides is 3. The topological polar surface area (TPSA) is 128 Å². The number of alkyl carbamates (subject to hydrolysis) is 1. The summed E-state index contributed by atoms with van der Waals surface area (Å²) in [5.74, 6) is -0.901. The maximum Gasteiger partial charge on any atom is 0.408 e. The number of rotatable bonds is 4. The van der Waals surface area contributed by atoms with Gasteiger partial charge in [0.2, 0.25) is 11.8 Å². The highest BCUT2D eigenvalue weighted by molar-refractivity contribution is 5.94. The minimum Gasteiger partial charge on any atom is -0.444 e. The second kappa shape index (κ2) is 6.27. The summed E-state index contributed by atoms with van der Waals surface area (Å²) in [5.41, 5.74) is 4.63. The van der Waals surface area contributed by atoms with Crippen LogP contribution < -0.4 is 16.4 Å². The molecule has 0 fully saturated rings. The van der Waals surface area contributed by atoms with E-state index in [1.54, 1.807) is 37.7 Å². The first-order valence-electron chi connectivity index (χ1n) is 7.27. The van der Waals surface area contributed by atoms with Gasteiger partial charge in [-0.05, 0) is 27.2 Å². The van der Waals surface area contributed by atoms with Gasteiger partial charge in [0.25, 0.3) is 0 Å². The van der Waals surface area contributed by atoms with Gasteiger partial charge in [0.15, 0.2) is 0 Å². The third-order valence-electron chi connectivity index (χ3n) is 3.29. The van der Waals surface area contributed by atoms with Crippen molar-refractivity contribution in [3.8, 4) is 0 Å². The van der Waals surface area contributed by atoms with Crippen molar-refractivity contribution in [1.29, 1.82) is 0 Å². The van der Waals surface area contributed by atoms with Crippen LogP contribution in [0.4, 0.5) is 10.6 Å². The second-order valence-electron chi connectivity index (χ2n) is 6.42. The van der Waals surface area contributed by atoms with Crippen molar-refractivity contribution >= 4 is 23.7 Å². The zero-order valence-corrected chi connectivity index (χ0v) is 13.3. The Kier molecular flexibility index (Phi) is 4.57. The fraction of sp³-hybridized carbons (Fsp3) is 0.571. The van der Waals surface area contributed by atoms with Gasteiger partial charge < -0.3 is 21.1 Å². The highest BCUT2D eigenvalue weighted by Crippen LogP contribution is 2.21. The molecule has 1 aliphatic heterocycles. The monoisotopic (exact) mass is 323 g/mol. The molecule has 23 heavy (non-hydrogen) atoms. The van der Waals surface area contributed by atoms with Crippen molar-refractivity contribution < 1.29 is 19.1 Å². The molecule has 0 radical (unpaired) electrons. The van der Waals surface area contributed by atoms with Gasteiger partial charge >= 0.3 is 6.09 Å². The summed E-state index contributed by atoms with van der Waals surface area (Å²) in [7, 11) is 0. The van der Waals surface area contributed by atoms with Gasteiger partial charge in [-0.1, -0.05) is 0 Å². The van der Waals surface area contributed by atoms with Gasteiger partial charge in [-0.2, -0.15) is 5.10 Å². The number of fused-ring (bicyclic) bond motifs is 1. The van der Waals surface area contributed by atoms with Crippen LogP contribution in [0.5, 0.6) is 0 Å². The zero-order chi connectivity index (χ0) is 17.2. The molecule has 2 rings (SSSR count). The molecule has 0 aliphatic carbocycles. The number of primary amides is 1. The third-order valence-corrected chi connectivity index (χ3v) is 3.29. The van der Waals surface area contributed by atoms with Gasteiger partial charge in [0, 0.05) is 6.07 Å². The molecule has 126 valence electrons. The third kappa shape index (κ3) is 4.44. The maximum atomic E-state index is 12.1. The lowest BCUT2D eigenvalue weighted by molar-refractivity contribution is -0.123. The SMILES string of the molecule is CC(C)(C)OC(=O)N[C@@H](C[C@@H]1Cn2nccc2NC1=O)C(N)=O. The first-order chi connectivity index (χ1) is 10.7. The van der Waals surface area contributed by atoms with Gasteiger partial charge in [0.05, 0.1) is 18.7 Å². The summed E-state index contributed by atoms with van der Waals surface area (Å²) in [5, 5.41) is 9.18. The van der Waals surface area contributed by atoms with Crippen LogP contribution in [0.15, 0.2) is 12.3 Å². The van der Waals surface area contributed by atoms with E-state index in [9.17, 15) is 14.4 Å². The van der Waals surface area contributed by atoms with Crippen molar-refractivity contribution in [3.63, 3.8) is 0 Å². The van der Waals surface area contributed by atoms with E-state index < -0.39 is 29.6 Å². The van der Waals surface area contributed by atoms with Gasteiger partial charge in [0.1, 0.15) is 17.5 Å². The lowest BCUT2D eigenvalue weighted by Crippen LogP contribution is -2.49. The molecule has 0 unspecified atom stereocenters. The molecular formula is C14H21N5O4. The Bertz CT molecular complexity index is 619. The van der Waals surface area contributed by atoms with Crippen LogP contribution in [-0.2, 0) is 20.9 Å². The number of ether oxygens (including phenoxy) is 1. The molecule has 3 amide bonds. The average Bonchev–Trinajstić information content (AvgIpc) is 2.82. The highest BCUT2D eigenvalue weighted by Gasteiger charge is 2.32. The predicted molar refractivity (Wildman–Crippen MR) is 81.3 cm³/mol. The zero-order valence-electron chi connectivity index (χ0n) is 13.3.